The Balaban J connectivity index is 1.48. The van der Waals surface area contributed by atoms with E-state index in [1.54, 1.807) is 19.2 Å². The van der Waals surface area contributed by atoms with Gasteiger partial charge in [-0.3, -0.25) is 0 Å². The average molecular weight is 478 g/mol. The molecule has 1 aliphatic heterocycles. The van der Waals surface area contributed by atoms with Gasteiger partial charge in [0.2, 0.25) is 10.0 Å². The van der Waals surface area contributed by atoms with E-state index < -0.39 is 26.7 Å². The maximum atomic E-state index is 13.3. The minimum absolute atomic E-state index is 0.0322. The number of rotatable bonds is 5. The van der Waals surface area contributed by atoms with Crippen molar-refractivity contribution < 1.29 is 26.3 Å². The lowest BCUT2D eigenvalue weighted by molar-refractivity contribution is -0.139. The number of halogens is 3. The highest BCUT2D eigenvalue weighted by molar-refractivity contribution is 7.89. The highest BCUT2D eigenvalue weighted by Gasteiger charge is 2.39. The van der Waals surface area contributed by atoms with Crippen LogP contribution in [0.15, 0.2) is 65.6 Å². The van der Waals surface area contributed by atoms with Crippen LogP contribution in [0.4, 0.5) is 19.0 Å². The normalized spacial score (nSPS) is 15.5. The lowest BCUT2D eigenvalue weighted by atomic mass is 10.1. The number of anilines is 1. The zero-order valence-electron chi connectivity index (χ0n) is 17.7. The molecule has 0 spiro atoms. The Labute approximate surface area is 189 Å². The van der Waals surface area contributed by atoms with Crippen LogP contribution in [0.1, 0.15) is 5.56 Å². The monoisotopic (exact) mass is 478 g/mol. The molecule has 0 atom stereocenters. The molecule has 2 heterocycles. The molecule has 174 valence electrons. The number of sulfonamides is 1. The molecule has 0 saturated carbocycles. The van der Waals surface area contributed by atoms with E-state index in [-0.39, 0.29) is 26.2 Å². The summed E-state index contributed by atoms with van der Waals surface area (Å²) < 4.78 is 72.2. The van der Waals surface area contributed by atoms with Gasteiger partial charge in [-0.25, -0.2) is 8.42 Å². The number of alkyl halides is 3. The van der Waals surface area contributed by atoms with Crippen molar-refractivity contribution in [3.05, 3.63) is 66.2 Å². The van der Waals surface area contributed by atoms with Crippen molar-refractivity contribution in [2.45, 2.75) is 11.1 Å². The number of para-hydroxylation sites is 1. The standard InChI is InChI=1S/C22H21F3N4O3S/c1-32-19-8-4-2-6-16(19)18-10-11-21(27-26-18)28-12-14-29(15-13-28)33(30,31)20-9-5-3-7-17(20)22(23,24)25/h2-11H,12-15H2,1H3. The molecule has 0 aliphatic carbocycles. The van der Waals surface area contributed by atoms with E-state index in [0.717, 1.165) is 22.0 Å². The van der Waals surface area contributed by atoms with Crippen molar-refractivity contribution in [3.63, 3.8) is 0 Å². The SMILES string of the molecule is COc1ccccc1-c1ccc(N2CCN(S(=O)(=O)c3ccccc3C(F)(F)F)CC2)nn1. The summed E-state index contributed by atoms with van der Waals surface area (Å²) in [5, 5.41) is 8.51. The number of piperazine rings is 1. The van der Waals surface area contributed by atoms with E-state index in [2.05, 4.69) is 10.2 Å². The zero-order chi connectivity index (χ0) is 23.6. The molecule has 2 aromatic carbocycles. The van der Waals surface area contributed by atoms with E-state index >= 15 is 0 Å². The predicted octanol–water partition coefficient (Wildman–Crippen LogP) is 3.68. The van der Waals surface area contributed by atoms with Crippen molar-refractivity contribution in [1.82, 2.24) is 14.5 Å². The molecule has 0 unspecified atom stereocenters. The van der Waals surface area contributed by atoms with Gasteiger partial charge < -0.3 is 9.64 Å². The molecule has 4 rings (SSSR count). The van der Waals surface area contributed by atoms with Gasteiger partial charge in [0, 0.05) is 31.7 Å². The first-order chi connectivity index (χ1) is 15.7. The van der Waals surface area contributed by atoms with Crippen molar-refractivity contribution in [3.8, 4) is 17.0 Å². The van der Waals surface area contributed by atoms with Gasteiger partial charge in [-0.15, -0.1) is 10.2 Å². The Morgan fingerprint density at radius 2 is 1.55 bits per heavy atom. The fourth-order valence-corrected chi connectivity index (χ4v) is 5.35. The lowest BCUT2D eigenvalue weighted by Gasteiger charge is -2.34. The molecule has 1 fully saturated rings. The van der Waals surface area contributed by atoms with Crippen molar-refractivity contribution in [2.24, 2.45) is 0 Å². The third-order valence-electron chi connectivity index (χ3n) is 5.41. The summed E-state index contributed by atoms with van der Waals surface area (Å²) in [6, 6.07) is 15.2. The van der Waals surface area contributed by atoms with Crippen LogP contribution in [0.5, 0.6) is 5.75 Å². The number of hydrogen-bond acceptors (Lipinski definition) is 6. The Hall–Kier alpha value is -3.18. The van der Waals surface area contributed by atoms with Gasteiger partial charge in [-0.1, -0.05) is 24.3 Å². The first kappa shape index (κ1) is 23.0. The van der Waals surface area contributed by atoms with Crippen LogP contribution in [0.3, 0.4) is 0 Å². The molecule has 33 heavy (non-hydrogen) atoms. The van der Waals surface area contributed by atoms with Gasteiger partial charge in [-0.2, -0.15) is 17.5 Å². The highest BCUT2D eigenvalue weighted by atomic mass is 32.2. The van der Waals surface area contributed by atoms with E-state index in [4.69, 9.17) is 4.74 Å². The number of ether oxygens (including phenoxy) is 1. The minimum Gasteiger partial charge on any atom is -0.496 e. The van der Waals surface area contributed by atoms with E-state index in [9.17, 15) is 21.6 Å². The second-order valence-corrected chi connectivity index (χ2v) is 9.27. The molecule has 0 N–H and O–H groups in total. The summed E-state index contributed by atoms with van der Waals surface area (Å²) in [6.07, 6.45) is -4.76. The van der Waals surface area contributed by atoms with Crippen LogP contribution >= 0.6 is 0 Å². The summed E-state index contributed by atoms with van der Waals surface area (Å²) >= 11 is 0. The maximum absolute atomic E-state index is 13.3. The highest BCUT2D eigenvalue weighted by Crippen LogP contribution is 2.35. The number of benzene rings is 2. The molecular formula is C22H21F3N4O3S. The largest absolute Gasteiger partial charge is 0.496 e. The Kier molecular flexibility index (Phi) is 6.26. The molecule has 11 heteroatoms. The van der Waals surface area contributed by atoms with Crippen molar-refractivity contribution in [1.29, 1.82) is 0 Å². The van der Waals surface area contributed by atoms with E-state index in [1.807, 2.05) is 29.2 Å². The van der Waals surface area contributed by atoms with Crippen LogP contribution in [0.25, 0.3) is 11.3 Å². The number of hydrogen-bond donors (Lipinski definition) is 0. The number of nitrogens with zero attached hydrogens (tertiary/aromatic N) is 4. The molecule has 7 nitrogen and oxygen atoms in total. The minimum atomic E-state index is -4.76. The number of aromatic nitrogens is 2. The molecular weight excluding hydrogens is 457 g/mol. The van der Waals surface area contributed by atoms with Crippen LogP contribution in [-0.4, -0.2) is 56.2 Å². The molecule has 3 aromatic rings. The fraction of sp³-hybridized carbons (Fsp3) is 0.273. The first-order valence-electron chi connectivity index (χ1n) is 10.1. The van der Waals surface area contributed by atoms with Gasteiger partial charge >= 0.3 is 6.18 Å². The van der Waals surface area contributed by atoms with E-state index in [0.29, 0.717) is 17.3 Å². The number of methoxy groups -OCH3 is 1. The molecule has 1 aliphatic rings. The van der Waals surface area contributed by atoms with Gasteiger partial charge in [-0.05, 0) is 36.4 Å². The molecule has 1 aromatic heterocycles. The molecule has 0 radical (unpaired) electrons. The topological polar surface area (TPSA) is 75.6 Å². The summed E-state index contributed by atoms with van der Waals surface area (Å²) in [4.78, 5) is 1.12. The van der Waals surface area contributed by atoms with Crippen LogP contribution in [0, 0.1) is 0 Å². The van der Waals surface area contributed by atoms with Gasteiger partial charge in [0.15, 0.2) is 5.82 Å². The molecule has 1 saturated heterocycles. The Morgan fingerprint density at radius 1 is 0.879 bits per heavy atom. The second-order valence-electron chi connectivity index (χ2n) is 7.36. The van der Waals surface area contributed by atoms with Gasteiger partial charge in [0.1, 0.15) is 5.75 Å². The van der Waals surface area contributed by atoms with Crippen LogP contribution in [-0.2, 0) is 16.2 Å². The van der Waals surface area contributed by atoms with Gasteiger partial charge in [0.25, 0.3) is 0 Å². The maximum Gasteiger partial charge on any atom is 0.417 e. The average Bonchev–Trinajstić information content (AvgIpc) is 2.83. The fourth-order valence-electron chi connectivity index (χ4n) is 3.72. The summed E-state index contributed by atoms with van der Waals surface area (Å²) in [5.41, 5.74) is 0.254. The quantitative estimate of drug-likeness (QED) is 0.557. The second kappa shape index (κ2) is 8.99. The smallest absolute Gasteiger partial charge is 0.417 e. The van der Waals surface area contributed by atoms with Gasteiger partial charge in [0.05, 0.1) is 23.3 Å². The van der Waals surface area contributed by atoms with E-state index in [1.165, 1.54) is 12.1 Å². The molecule has 0 bridgehead atoms. The van der Waals surface area contributed by atoms with Crippen LogP contribution in [0.2, 0.25) is 0 Å². The third kappa shape index (κ3) is 4.64. The van der Waals surface area contributed by atoms with Crippen molar-refractivity contribution in [2.75, 3.05) is 38.2 Å². The summed E-state index contributed by atoms with van der Waals surface area (Å²) in [7, 11) is -2.72. The predicted molar refractivity (Wildman–Crippen MR) is 116 cm³/mol. The summed E-state index contributed by atoms with van der Waals surface area (Å²) in [5.74, 6) is 1.22. The zero-order valence-corrected chi connectivity index (χ0v) is 18.5. The first-order valence-corrected chi connectivity index (χ1v) is 11.5. The van der Waals surface area contributed by atoms with Crippen molar-refractivity contribution >= 4 is 15.8 Å². The molecule has 0 amide bonds. The van der Waals surface area contributed by atoms with Crippen LogP contribution < -0.4 is 9.64 Å². The lowest BCUT2D eigenvalue weighted by Crippen LogP contribution is -2.49. The summed E-state index contributed by atoms with van der Waals surface area (Å²) in [6.45, 7) is 0.612. The Bertz CT molecular complexity index is 1230. The third-order valence-corrected chi connectivity index (χ3v) is 7.36. The Morgan fingerprint density at radius 3 is 2.18 bits per heavy atom.